The zero-order valence-corrected chi connectivity index (χ0v) is 18.8. The molecule has 2 rings (SSSR count). The van der Waals surface area contributed by atoms with E-state index in [2.05, 4.69) is 10.9 Å². The number of amides is 2. The van der Waals surface area contributed by atoms with Crippen LogP contribution >= 0.6 is 11.8 Å². The zero-order valence-electron chi connectivity index (χ0n) is 17.1. The molecule has 2 aromatic carbocycles. The minimum Gasteiger partial charge on any atom is -0.272 e. The van der Waals surface area contributed by atoms with E-state index in [0.29, 0.717) is 13.1 Å². The molecular weight excluding hydrogens is 422 g/mol. The number of aryl methyl sites for hydroxylation is 1. The van der Waals surface area contributed by atoms with E-state index >= 15 is 0 Å². The van der Waals surface area contributed by atoms with Crippen LogP contribution < -0.4 is 10.9 Å². The Morgan fingerprint density at radius 2 is 1.67 bits per heavy atom. The highest BCUT2D eigenvalue weighted by Crippen LogP contribution is 2.17. The molecule has 0 saturated carbocycles. The van der Waals surface area contributed by atoms with Crippen molar-refractivity contribution in [3.63, 3.8) is 0 Å². The molecule has 2 aromatic rings. The molecule has 0 bridgehead atoms. The Morgan fingerprint density at radius 1 is 0.967 bits per heavy atom. The van der Waals surface area contributed by atoms with Crippen LogP contribution in [-0.4, -0.2) is 49.1 Å². The van der Waals surface area contributed by atoms with Crippen LogP contribution in [0.25, 0.3) is 0 Å². The van der Waals surface area contributed by atoms with Crippen molar-refractivity contribution in [2.24, 2.45) is 0 Å². The molecule has 0 heterocycles. The third-order valence-electron chi connectivity index (χ3n) is 4.37. The van der Waals surface area contributed by atoms with Gasteiger partial charge in [-0.2, -0.15) is 16.1 Å². The molecule has 0 aliphatic carbocycles. The van der Waals surface area contributed by atoms with Gasteiger partial charge in [-0.1, -0.05) is 50.2 Å². The van der Waals surface area contributed by atoms with Crippen LogP contribution in [0, 0.1) is 0 Å². The van der Waals surface area contributed by atoms with Crippen LogP contribution in [0.2, 0.25) is 0 Å². The number of thioether (sulfide) groups is 1. The number of nitrogens with one attached hydrogen (secondary N) is 2. The summed E-state index contributed by atoms with van der Waals surface area (Å²) >= 11 is 1.47. The summed E-state index contributed by atoms with van der Waals surface area (Å²) in [5, 5.41) is 0. The predicted molar refractivity (Wildman–Crippen MR) is 120 cm³/mol. The fourth-order valence-corrected chi connectivity index (χ4v) is 5.03. The number of carbonyl (C=O) groups is 2. The number of benzene rings is 2. The molecule has 9 heteroatoms. The van der Waals surface area contributed by atoms with Crippen molar-refractivity contribution in [3.05, 3.63) is 65.7 Å². The summed E-state index contributed by atoms with van der Waals surface area (Å²) in [6.45, 7) is 4.19. The quantitative estimate of drug-likeness (QED) is 0.429. The van der Waals surface area contributed by atoms with Crippen LogP contribution in [0.3, 0.4) is 0 Å². The third kappa shape index (κ3) is 6.86. The molecule has 0 aromatic heterocycles. The van der Waals surface area contributed by atoms with Gasteiger partial charge in [0.2, 0.25) is 15.9 Å². The summed E-state index contributed by atoms with van der Waals surface area (Å²) < 4.78 is 26.5. The van der Waals surface area contributed by atoms with Crippen LogP contribution in [0.1, 0.15) is 29.8 Å². The van der Waals surface area contributed by atoms with E-state index in [0.717, 1.165) is 12.2 Å². The SMILES string of the molecule is CCN(CC)S(=O)(=O)c1cccc(C(=O)NNC(=O)CSCCc2ccccc2)c1. The van der Waals surface area contributed by atoms with Crippen molar-refractivity contribution in [1.82, 2.24) is 15.2 Å². The van der Waals surface area contributed by atoms with Crippen molar-refractivity contribution in [2.75, 3.05) is 24.6 Å². The molecule has 30 heavy (non-hydrogen) atoms. The number of hydrogen-bond acceptors (Lipinski definition) is 5. The van der Waals surface area contributed by atoms with E-state index in [4.69, 9.17) is 0 Å². The van der Waals surface area contributed by atoms with Gasteiger partial charge in [-0.15, -0.1) is 0 Å². The lowest BCUT2D eigenvalue weighted by molar-refractivity contribution is -0.119. The maximum atomic E-state index is 12.6. The molecule has 0 radical (unpaired) electrons. The van der Waals surface area contributed by atoms with E-state index in [-0.39, 0.29) is 22.1 Å². The Morgan fingerprint density at radius 3 is 2.33 bits per heavy atom. The molecule has 2 amide bonds. The Hall–Kier alpha value is -2.36. The second kappa shape index (κ2) is 11.7. The van der Waals surface area contributed by atoms with Crippen molar-refractivity contribution < 1.29 is 18.0 Å². The van der Waals surface area contributed by atoms with Gasteiger partial charge < -0.3 is 0 Å². The van der Waals surface area contributed by atoms with E-state index in [1.54, 1.807) is 13.8 Å². The number of sulfonamides is 1. The van der Waals surface area contributed by atoms with Crippen LogP contribution in [0.15, 0.2) is 59.5 Å². The van der Waals surface area contributed by atoms with Gasteiger partial charge in [-0.3, -0.25) is 20.4 Å². The number of nitrogens with zero attached hydrogens (tertiary/aromatic N) is 1. The minimum atomic E-state index is -3.66. The van der Waals surface area contributed by atoms with Gasteiger partial charge in [0.25, 0.3) is 5.91 Å². The van der Waals surface area contributed by atoms with Crippen LogP contribution in [0.4, 0.5) is 0 Å². The van der Waals surface area contributed by atoms with Crippen molar-refractivity contribution in [2.45, 2.75) is 25.2 Å². The first-order valence-corrected chi connectivity index (χ1v) is 12.3. The van der Waals surface area contributed by atoms with Gasteiger partial charge >= 0.3 is 0 Å². The van der Waals surface area contributed by atoms with Gasteiger partial charge in [0.1, 0.15) is 0 Å². The fourth-order valence-electron chi connectivity index (χ4n) is 2.74. The molecule has 2 N–H and O–H groups in total. The fraction of sp³-hybridized carbons (Fsp3) is 0.333. The number of rotatable bonds is 10. The molecule has 162 valence electrons. The molecule has 0 unspecified atom stereocenters. The van der Waals surface area contributed by atoms with E-state index in [1.807, 2.05) is 30.3 Å². The molecule has 7 nitrogen and oxygen atoms in total. The third-order valence-corrected chi connectivity index (χ3v) is 7.37. The summed E-state index contributed by atoms with van der Waals surface area (Å²) in [6.07, 6.45) is 0.860. The maximum absolute atomic E-state index is 12.6. The van der Waals surface area contributed by atoms with Crippen LogP contribution in [-0.2, 0) is 21.2 Å². The molecule has 0 spiro atoms. The molecule has 0 aliphatic heterocycles. The summed E-state index contributed by atoms with van der Waals surface area (Å²) in [4.78, 5) is 24.3. The van der Waals surface area contributed by atoms with Crippen molar-refractivity contribution >= 4 is 33.6 Å². The first-order valence-electron chi connectivity index (χ1n) is 9.69. The molecule has 0 atom stereocenters. The largest absolute Gasteiger partial charge is 0.272 e. The van der Waals surface area contributed by atoms with E-state index in [9.17, 15) is 18.0 Å². The smallest absolute Gasteiger partial charge is 0.269 e. The summed E-state index contributed by atoms with van der Waals surface area (Å²) in [5.74, 6) is 0.0997. The summed E-state index contributed by atoms with van der Waals surface area (Å²) in [6, 6.07) is 15.8. The second-order valence-electron chi connectivity index (χ2n) is 6.41. The molecule has 0 saturated heterocycles. The Labute approximate surface area is 182 Å². The summed E-state index contributed by atoms with van der Waals surface area (Å²) in [5.41, 5.74) is 6.06. The molecular formula is C21H27N3O4S2. The zero-order chi connectivity index (χ0) is 22.0. The Kier molecular flexibility index (Phi) is 9.35. The highest BCUT2D eigenvalue weighted by molar-refractivity contribution is 7.99. The maximum Gasteiger partial charge on any atom is 0.269 e. The van der Waals surface area contributed by atoms with Crippen LogP contribution in [0.5, 0.6) is 0 Å². The van der Waals surface area contributed by atoms with Gasteiger partial charge in [0.05, 0.1) is 10.6 Å². The standard InChI is InChI=1S/C21H27N3O4S2/c1-3-24(4-2)30(27,28)19-12-8-11-18(15-19)21(26)23-22-20(25)16-29-14-13-17-9-6-5-7-10-17/h5-12,15H,3-4,13-14,16H2,1-2H3,(H,22,25)(H,23,26). The van der Waals surface area contributed by atoms with Gasteiger partial charge in [0, 0.05) is 18.7 Å². The minimum absolute atomic E-state index is 0.0432. The highest BCUT2D eigenvalue weighted by atomic mass is 32.2. The summed E-state index contributed by atoms with van der Waals surface area (Å²) in [7, 11) is -3.66. The first-order chi connectivity index (χ1) is 14.4. The highest BCUT2D eigenvalue weighted by Gasteiger charge is 2.22. The van der Waals surface area contributed by atoms with Gasteiger partial charge in [-0.05, 0) is 35.9 Å². The molecule has 0 fully saturated rings. The lowest BCUT2D eigenvalue weighted by Crippen LogP contribution is -2.42. The molecule has 0 aliphatic rings. The average molecular weight is 450 g/mol. The Balaban J connectivity index is 1.84. The normalized spacial score (nSPS) is 11.3. The first kappa shape index (κ1) is 23.9. The van der Waals surface area contributed by atoms with Crippen molar-refractivity contribution in [3.8, 4) is 0 Å². The van der Waals surface area contributed by atoms with Gasteiger partial charge in [0.15, 0.2) is 0 Å². The van der Waals surface area contributed by atoms with Gasteiger partial charge in [-0.25, -0.2) is 8.42 Å². The number of carbonyl (C=O) groups excluding carboxylic acids is 2. The lowest BCUT2D eigenvalue weighted by atomic mass is 10.2. The monoisotopic (exact) mass is 449 g/mol. The van der Waals surface area contributed by atoms with Crippen molar-refractivity contribution in [1.29, 1.82) is 0 Å². The number of hydrazine groups is 1. The lowest BCUT2D eigenvalue weighted by Gasteiger charge is -2.18. The topological polar surface area (TPSA) is 95.6 Å². The average Bonchev–Trinajstić information content (AvgIpc) is 2.76. The van der Waals surface area contributed by atoms with E-state index < -0.39 is 15.9 Å². The second-order valence-corrected chi connectivity index (χ2v) is 9.45. The predicted octanol–water partition coefficient (Wildman–Crippen LogP) is 2.45. The van der Waals surface area contributed by atoms with E-state index in [1.165, 1.54) is 45.9 Å². The Bertz CT molecular complexity index is 946. The number of hydrogen-bond donors (Lipinski definition) is 2.